The smallest absolute Gasteiger partial charge is 0.227 e. The molecule has 1 aromatic rings. The monoisotopic (exact) mass is 232 g/mol. The van der Waals surface area contributed by atoms with E-state index < -0.39 is 0 Å². The summed E-state index contributed by atoms with van der Waals surface area (Å²) in [6.07, 6.45) is 2.00. The summed E-state index contributed by atoms with van der Waals surface area (Å²) in [5.41, 5.74) is 6.84. The van der Waals surface area contributed by atoms with Gasteiger partial charge in [0.2, 0.25) is 5.91 Å². The van der Waals surface area contributed by atoms with Gasteiger partial charge < -0.3 is 10.6 Å². The maximum Gasteiger partial charge on any atom is 0.227 e. The molecule has 2 atom stereocenters. The molecule has 1 aromatic carbocycles. The van der Waals surface area contributed by atoms with Crippen molar-refractivity contribution in [2.75, 3.05) is 13.1 Å². The Kier molecular flexibility index (Phi) is 3.79. The van der Waals surface area contributed by atoms with E-state index in [1.54, 1.807) is 0 Å². The van der Waals surface area contributed by atoms with Crippen LogP contribution in [0.1, 0.15) is 31.4 Å². The molecule has 92 valence electrons. The topological polar surface area (TPSA) is 46.3 Å². The normalized spacial score (nSPS) is 22.6. The van der Waals surface area contributed by atoms with E-state index in [1.807, 2.05) is 23.1 Å². The van der Waals surface area contributed by atoms with Gasteiger partial charge in [-0.15, -0.1) is 0 Å². The first-order valence-corrected chi connectivity index (χ1v) is 6.29. The standard InChI is InChI=1S/C14H20N2O/c1-11(12-6-3-2-4-7-12)16-9-5-8-13(10-15)14(16)17/h2-4,6-7,11,13H,5,8-10,15H2,1H3/t11-,13+/m1/s1. The van der Waals surface area contributed by atoms with Crippen LogP contribution in [0, 0.1) is 5.92 Å². The van der Waals surface area contributed by atoms with Gasteiger partial charge in [0.15, 0.2) is 0 Å². The van der Waals surface area contributed by atoms with Gasteiger partial charge in [0.25, 0.3) is 0 Å². The fraction of sp³-hybridized carbons (Fsp3) is 0.500. The lowest BCUT2D eigenvalue weighted by atomic mass is 9.94. The van der Waals surface area contributed by atoms with Crippen molar-refractivity contribution in [1.29, 1.82) is 0 Å². The summed E-state index contributed by atoms with van der Waals surface area (Å²) in [5, 5.41) is 0. The zero-order chi connectivity index (χ0) is 12.3. The Morgan fingerprint density at radius 3 is 2.76 bits per heavy atom. The molecule has 3 nitrogen and oxygen atoms in total. The first-order valence-electron chi connectivity index (χ1n) is 6.29. The predicted molar refractivity (Wildman–Crippen MR) is 68.3 cm³/mol. The third kappa shape index (κ3) is 2.50. The second-order valence-electron chi connectivity index (χ2n) is 4.69. The number of nitrogens with zero attached hydrogens (tertiary/aromatic N) is 1. The minimum absolute atomic E-state index is 0.0231. The van der Waals surface area contributed by atoms with E-state index in [1.165, 1.54) is 5.56 Å². The molecule has 1 saturated heterocycles. The Balaban J connectivity index is 2.14. The molecule has 17 heavy (non-hydrogen) atoms. The van der Waals surface area contributed by atoms with Crippen molar-refractivity contribution in [2.45, 2.75) is 25.8 Å². The third-order valence-electron chi connectivity index (χ3n) is 3.62. The van der Waals surface area contributed by atoms with Crippen molar-refractivity contribution in [2.24, 2.45) is 11.7 Å². The summed E-state index contributed by atoms with van der Waals surface area (Å²) in [5.74, 6) is 0.241. The maximum atomic E-state index is 12.2. The third-order valence-corrected chi connectivity index (χ3v) is 3.62. The zero-order valence-corrected chi connectivity index (χ0v) is 10.3. The van der Waals surface area contributed by atoms with Crippen LogP contribution in [0.4, 0.5) is 0 Å². The number of piperidine rings is 1. The number of amides is 1. The Labute approximate surface area is 103 Å². The molecule has 1 fully saturated rings. The maximum absolute atomic E-state index is 12.2. The summed E-state index contributed by atoms with van der Waals surface area (Å²) < 4.78 is 0. The van der Waals surface area contributed by atoms with Crippen molar-refractivity contribution in [3.63, 3.8) is 0 Å². The summed E-state index contributed by atoms with van der Waals surface area (Å²) in [4.78, 5) is 14.2. The van der Waals surface area contributed by atoms with Gasteiger partial charge in [0, 0.05) is 13.1 Å². The van der Waals surface area contributed by atoms with Crippen LogP contribution in [-0.2, 0) is 4.79 Å². The van der Waals surface area contributed by atoms with Crippen LogP contribution in [-0.4, -0.2) is 23.9 Å². The first kappa shape index (κ1) is 12.1. The highest BCUT2D eigenvalue weighted by atomic mass is 16.2. The van der Waals surface area contributed by atoms with E-state index in [-0.39, 0.29) is 17.9 Å². The molecule has 1 heterocycles. The van der Waals surface area contributed by atoms with E-state index in [4.69, 9.17) is 5.73 Å². The Bertz CT molecular complexity index is 377. The number of hydrogen-bond acceptors (Lipinski definition) is 2. The van der Waals surface area contributed by atoms with E-state index in [0.29, 0.717) is 6.54 Å². The van der Waals surface area contributed by atoms with E-state index in [9.17, 15) is 4.79 Å². The number of rotatable bonds is 3. The van der Waals surface area contributed by atoms with Gasteiger partial charge in [-0.2, -0.15) is 0 Å². The molecule has 0 unspecified atom stereocenters. The molecule has 0 aromatic heterocycles. The number of hydrogen-bond donors (Lipinski definition) is 1. The van der Waals surface area contributed by atoms with Gasteiger partial charge in [-0.3, -0.25) is 4.79 Å². The molecule has 0 aliphatic carbocycles. The number of nitrogens with two attached hydrogens (primary N) is 1. The highest BCUT2D eigenvalue weighted by Crippen LogP contribution is 2.27. The van der Waals surface area contributed by atoms with Gasteiger partial charge in [0.05, 0.1) is 12.0 Å². The Morgan fingerprint density at radius 2 is 2.12 bits per heavy atom. The molecule has 3 heteroatoms. The molecule has 1 aliphatic rings. The minimum atomic E-state index is 0.0231. The predicted octanol–water partition coefficient (Wildman–Crippen LogP) is 1.94. The molecule has 0 spiro atoms. The largest absolute Gasteiger partial charge is 0.336 e. The van der Waals surface area contributed by atoms with Gasteiger partial charge in [-0.05, 0) is 25.3 Å². The molecule has 1 aliphatic heterocycles. The minimum Gasteiger partial charge on any atom is -0.336 e. The van der Waals surface area contributed by atoms with Crippen LogP contribution in [0.25, 0.3) is 0 Å². The number of likely N-dealkylation sites (tertiary alicyclic amines) is 1. The van der Waals surface area contributed by atoms with Crippen LogP contribution >= 0.6 is 0 Å². The molecule has 1 amide bonds. The molecular formula is C14H20N2O. The molecule has 0 bridgehead atoms. The molecular weight excluding hydrogens is 212 g/mol. The SMILES string of the molecule is C[C@H](c1ccccc1)N1CCC[C@@H](CN)C1=O. The summed E-state index contributed by atoms with van der Waals surface area (Å²) in [6.45, 7) is 3.41. The average molecular weight is 232 g/mol. The van der Waals surface area contributed by atoms with E-state index in [2.05, 4.69) is 19.1 Å². The van der Waals surface area contributed by atoms with Crippen LogP contribution in [0.15, 0.2) is 30.3 Å². The summed E-state index contributed by atoms with van der Waals surface area (Å²) >= 11 is 0. The summed E-state index contributed by atoms with van der Waals surface area (Å²) in [7, 11) is 0. The van der Waals surface area contributed by atoms with Crippen LogP contribution in [0.3, 0.4) is 0 Å². The van der Waals surface area contributed by atoms with Crippen LogP contribution in [0.5, 0.6) is 0 Å². The van der Waals surface area contributed by atoms with Gasteiger partial charge in [-0.1, -0.05) is 30.3 Å². The Hall–Kier alpha value is -1.35. The Morgan fingerprint density at radius 1 is 1.41 bits per heavy atom. The van der Waals surface area contributed by atoms with Crippen molar-refractivity contribution in [3.8, 4) is 0 Å². The zero-order valence-electron chi connectivity index (χ0n) is 10.3. The van der Waals surface area contributed by atoms with Gasteiger partial charge in [0.1, 0.15) is 0 Å². The van der Waals surface area contributed by atoms with Crippen molar-refractivity contribution < 1.29 is 4.79 Å². The molecule has 2 N–H and O–H groups in total. The lowest BCUT2D eigenvalue weighted by Gasteiger charge is -2.36. The van der Waals surface area contributed by atoms with Crippen LogP contribution in [0.2, 0.25) is 0 Å². The summed E-state index contributed by atoms with van der Waals surface area (Å²) in [6, 6.07) is 10.3. The fourth-order valence-electron chi connectivity index (χ4n) is 2.49. The molecule has 0 saturated carbocycles. The second kappa shape index (κ2) is 5.32. The van der Waals surface area contributed by atoms with Gasteiger partial charge >= 0.3 is 0 Å². The van der Waals surface area contributed by atoms with Gasteiger partial charge in [-0.25, -0.2) is 0 Å². The number of carbonyl (C=O) groups is 1. The second-order valence-corrected chi connectivity index (χ2v) is 4.69. The number of benzene rings is 1. The molecule has 2 rings (SSSR count). The highest BCUT2D eigenvalue weighted by Gasteiger charge is 2.30. The quantitative estimate of drug-likeness (QED) is 0.865. The van der Waals surface area contributed by atoms with Crippen molar-refractivity contribution in [3.05, 3.63) is 35.9 Å². The first-order chi connectivity index (χ1) is 8.24. The van der Waals surface area contributed by atoms with Crippen molar-refractivity contribution in [1.82, 2.24) is 4.90 Å². The average Bonchev–Trinajstić information content (AvgIpc) is 2.39. The number of carbonyl (C=O) groups excluding carboxylic acids is 1. The lowest BCUT2D eigenvalue weighted by Crippen LogP contribution is -2.44. The van der Waals surface area contributed by atoms with Crippen LogP contribution < -0.4 is 5.73 Å². The van der Waals surface area contributed by atoms with Crippen molar-refractivity contribution >= 4 is 5.91 Å². The van der Waals surface area contributed by atoms with E-state index in [0.717, 1.165) is 19.4 Å². The lowest BCUT2D eigenvalue weighted by molar-refractivity contribution is -0.140. The molecule has 0 radical (unpaired) electrons. The van der Waals surface area contributed by atoms with E-state index >= 15 is 0 Å². The highest BCUT2D eigenvalue weighted by molar-refractivity contribution is 5.80. The fourth-order valence-corrected chi connectivity index (χ4v) is 2.49.